The molecule has 1 aliphatic rings. The molecule has 0 saturated carbocycles. The monoisotopic (exact) mass is 574 g/mol. The molecule has 8 nitrogen and oxygen atoms in total. The van der Waals surface area contributed by atoms with Gasteiger partial charge in [-0.3, -0.25) is 4.79 Å². The zero-order valence-corrected chi connectivity index (χ0v) is 23.1. The molecule has 2 aromatic heterocycles. The lowest BCUT2D eigenvalue weighted by Crippen LogP contribution is -2.30. The Hall–Kier alpha value is -4.64. The van der Waals surface area contributed by atoms with Crippen LogP contribution in [0.5, 0.6) is 0 Å². The lowest BCUT2D eigenvalue weighted by molar-refractivity contribution is -0.141. The summed E-state index contributed by atoms with van der Waals surface area (Å²) in [4.78, 5) is 15.4. The van der Waals surface area contributed by atoms with Crippen LogP contribution in [0.25, 0.3) is 27.8 Å². The highest BCUT2D eigenvalue weighted by Gasteiger charge is 2.41. The third-order valence-electron chi connectivity index (χ3n) is 7.47. The van der Waals surface area contributed by atoms with Crippen molar-refractivity contribution in [2.75, 3.05) is 23.7 Å². The summed E-state index contributed by atoms with van der Waals surface area (Å²) >= 11 is 0. The Balaban J connectivity index is 1.32. The van der Waals surface area contributed by atoms with Crippen LogP contribution >= 0.6 is 0 Å². The third kappa shape index (κ3) is 5.11. The predicted molar refractivity (Wildman–Crippen MR) is 155 cm³/mol. The number of carbonyl (C=O) groups is 1. The fourth-order valence-corrected chi connectivity index (χ4v) is 5.38. The Bertz CT molecular complexity index is 1770. The molecule has 11 heteroatoms. The van der Waals surface area contributed by atoms with E-state index < -0.39 is 17.7 Å². The first-order valence-electron chi connectivity index (χ1n) is 13.6. The van der Waals surface area contributed by atoms with E-state index in [1.165, 1.54) is 12.1 Å². The number of hydrogen-bond donors (Lipinski definition) is 2. The van der Waals surface area contributed by atoms with Crippen LogP contribution in [0, 0.1) is 0 Å². The maximum atomic E-state index is 14.1. The van der Waals surface area contributed by atoms with Crippen LogP contribution in [0.4, 0.5) is 24.7 Å². The van der Waals surface area contributed by atoms with Gasteiger partial charge in [0.1, 0.15) is 5.69 Å². The Labute approximate surface area is 239 Å². The average Bonchev–Trinajstić information content (AvgIpc) is 3.50. The summed E-state index contributed by atoms with van der Waals surface area (Å²) in [5.41, 5.74) is 9.27. The summed E-state index contributed by atoms with van der Waals surface area (Å²) < 4.78 is 48.6. The second-order valence-corrected chi connectivity index (χ2v) is 10.7. The first-order valence-corrected chi connectivity index (χ1v) is 13.6. The summed E-state index contributed by atoms with van der Waals surface area (Å²) in [5, 5.41) is 11.5. The van der Waals surface area contributed by atoms with Crippen LogP contribution in [0.3, 0.4) is 0 Å². The summed E-state index contributed by atoms with van der Waals surface area (Å²) in [7, 11) is 0. The van der Waals surface area contributed by atoms with E-state index in [-0.39, 0.29) is 42.3 Å². The first kappa shape index (κ1) is 27.5. The number of carbonyl (C=O) groups excluding carboxylic acids is 1. The van der Waals surface area contributed by atoms with Crippen molar-refractivity contribution in [3.63, 3.8) is 0 Å². The number of nitrogens with one attached hydrogen (secondary N) is 1. The van der Waals surface area contributed by atoms with Crippen LogP contribution in [0.1, 0.15) is 41.2 Å². The van der Waals surface area contributed by atoms with E-state index in [1.54, 1.807) is 6.07 Å². The van der Waals surface area contributed by atoms with Gasteiger partial charge in [-0.2, -0.15) is 18.3 Å². The molecule has 3 aromatic carbocycles. The molecule has 216 valence electrons. The molecule has 6 rings (SSSR count). The molecule has 5 aromatic rings. The summed E-state index contributed by atoms with van der Waals surface area (Å²) in [6.45, 7) is 5.04. The average molecular weight is 575 g/mol. The number of hydrogen-bond acceptors (Lipinski definition) is 7. The summed E-state index contributed by atoms with van der Waals surface area (Å²) in [6, 6.07) is 20.9. The Kier molecular flexibility index (Phi) is 6.97. The SMILES string of the molecule is CC(C)NCc1ccccc1-c1ccc(N2CCc3c(C(F)(F)F)nn(-c4ccc5onc(N)c5c4)c3C(=O)C2)cc1. The maximum Gasteiger partial charge on any atom is 0.435 e. The van der Waals surface area contributed by atoms with Gasteiger partial charge in [-0.15, -0.1) is 0 Å². The van der Waals surface area contributed by atoms with Crippen molar-refractivity contribution in [3.05, 3.63) is 89.2 Å². The Morgan fingerprint density at radius 1 is 1.05 bits per heavy atom. The van der Waals surface area contributed by atoms with Gasteiger partial charge in [0, 0.05) is 30.4 Å². The fraction of sp³-hybridized carbons (Fsp3) is 0.258. The number of benzene rings is 3. The van der Waals surface area contributed by atoms with Crippen LogP contribution < -0.4 is 16.0 Å². The number of nitrogen functional groups attached to an aromatic ring is 1. The summed E-state index contributed by atoms with van der Waals surface area (Å²) in [5.74, 6) is -0.362. The van der Waals surface area contributed by atoms with Crippen LogP contribution in [0.2, 0.25) is 0 Å². The van der Waals surface area contributed by atoms with Crippen molar-refractivity contribution in [1.29, 1.82) is 0 Å². The molecule has 0 fully saturated rings. The van der Waals surface area contributed by atoms with Gasteiger partial charge in [0.05, 0.1) is 17.6 Å². The second-order valence-electron chi connectivity index (χ2n) is 10.7. The molecule has 0 amide bonds. The smallest absolute Gasteiger partial charge is 0.380 e. The van der Waals surface area contributed by atoms with Gasteiger partial charge in [0.2, 0.25) is 5.78 Å². The molecule has 0 aliphatic carbocycles. The van der Waals surface area contributed by atoms with Gasteiger partial charge >= 0.3 is 6.18 Å². The number of halogens is 3. The third-order valence-corrected chi connectivity index (χ3v) is 7.47. The normalized spacial score (nSPS) is 14.0. The van der Waals surface area contributed by atoms with Crippen molar-refractivity contribution < 1.29 is 22.5 Å². The van der Waals surface area contributed by atoms with Crippen molar-refractivity contribution in [3.8, 4) is 16.8 Å². The summed E-state index contributed by atoms with van der Waals surface area (Å²) in [6.07, 6.45) is -4.73. The van der Waals surface area contributed by atoms with Gasteiger partial charge in [0.15, 0.2) is 17.1 Å². The van der Waals surface area contributed by atoms with Gasteiger partial charge in [-0.25, -0.2) is 4.68 Å². The molecule has 0 atom stereocenters. The second kappa shape index (κ2) is 10.6. The molecule has 3 N–H and O–H groups in total. The standard InChI is InChI=1S/C31H29F3N6O2/c1-18(2)36-16-20-5-3-4-6-23(20)19-7-9-21(10-8-19)39-14-13-24-28(26(41)17-39)40(37-29(24)31(32,33)34)22-11-12-27-25(15-22)30(35)38-42-27/h3-12,15,18,36H,13-14,16-17H2,1-2H3,(H2,35,38). The molecule has 0 saturated heterocycles. The number of nitrogens with two attached hydrogens (primary N) is 1. The number of fused-ring (bicyclic) bond motifs is 2. The molecule has 1 aliphatic heterocycles. The van der Waals surface area contributed by atoms with E-state index in [4.69, 9.17) is 10.3 Å². The van der Waals surface area contributed by atoms with E-state index in [0.717, 1.165) is 33.6 Å². The van der Waals surface area contributed by atoms with Crippen molar-refractivity contribution in [1.82, 2.24) is 20.3 Å². The number of alkyl halides is 3. The molecular weight excluding hydrogens is 545 g/mol. The van der Waals surface area contributed by atoms with Crippen molar-refractivity contribution in [2.24, 2.45) is 0 Å². The Morgan fingerprint density at radius 3 is 2.52 bits per heavy atom. The molecule has 0 spiro atoms. The zero-order chi connectivity index (χ0) is 29.6. The molecule has 0 unspecified atom stereocenters. The van der Waals surface area contributed by atoms with Crippen molar-refractivity contribution >= 4 is 28.3 Å². The quantitative estimate of drug-likeness (QED) is 0.256. The van der Waals surface area contributed by atoms with Crippen molar-refractivity contribution in [2.45, 2.75) is 39.0 Å². The number of anilines is 2. The van der Waals surface area contributed by atoms with Gasteiger partial charge < -0.3 is 20.5 Å². The van der Waals surface area contributed by atoms with Crippen LogP contribution in [0.15, 0.2) is 71.3 Å². The molecule has 3 heterocycles. The van der Waals surface area contributed by atoms with E-state index in [9.17, 15) is 18.0 Å². The highest BCUT2D eigenvalue weighted by atomic mass is 19.4. The minimum atomic E-state index is -4.73. The fourth-order valence-electron chi connectivity index (χ4n) is 5.38. The maximum absolute atomic E-state index is 14.1. The number of ketones is 1. The molecule has 42 heavy (non-hydrogen) atoms. The number of aromatic nitrogens is 3. The number of nitrogens with zero attached hydrogens (tertiary/aromatic N) is 4. The molecule has 0 bridgehead atoms. The van der Waals surface area contributed by atoms with Crippen LogP contribution in [-0.4, -0.2) is 39.9 Å². The van der Waals surface area contributed by atoms with Gasteiger partial charge in [-0.1, -0.05) is 55.4 Å². The first-order chi connectivity index (χ1) is 20.1. The Morgan fingerprint density at radius 2 is 1.79 bits per heavy atom. The minimum Gasteiger partial charge on any atom is -0.380 e. The minimum absolute atomic E-state index is 0.000970. The zero-order valence-electron chi connectivity index (χ0n) is 23.1. The highest BCUT2D eigenvalue weighted by Crippen LogP contribution is 2.37. The predicted octanol–water partition coefficient (Wildman–Crippen LogP) is 6.02. The van der Waals surface area contributed by atoms with Gasteiger partial charge in [-0.05, 0) is 53.4 Å². The van der Waals surface area contributed by atoms with E-state index in [1.807, 2.05) is 41.3 Å². The lowest BCUT2D eigenvalue weighted by Gasteiger charge is -2.22. The lowest BCUT2D eigenvalue weighted by atomic mass is 9.99. The largest absolute Gasteiger partial charge is 0.435 e. The van der Waals surface area contributed by atoms with Crippen LogP contribution in [-0.2, 0) is 19.1 Å². The van der Waals surface area contributed by atoms with E-state index in [2.05, 4.69) is 41.6 Å². The molecule has 0 radical (unpaired) electrons. The molecular formula is C31H29F3N6O2. The number of Topliss-reactive ketones (excluding diaryl/α,β-unsaturated/α-hetero) is 1. The topological polar surface area (TPSA) is 102 Å². The van der Waals surface area contributed by atoms with E-state index in [0.29, 0.717) is 17.0 Å². The number of rotatable bonds is 6. The van der Waals surface area contributed by atoms with Gasteiger partial charge in [0.25, 0.3) is 0 Å². The van der Waals surface area contributed by atoms with E-state index >= 15 is 0 Å². The highest BCUT2D eigenvalue weighted by molar-refractivity contribution is 6.01.